The number of carbonyl (C=O) groups excluding carboxylic acids is 1. The maximum atomic E-state index is 13.0. The Morgan fingerprint density at radius 2 is 2.27 bits per heavy atom. The number of hydrogen-bond donors (Lipinski definition) is 1. The summed E-state index contributed by atoms with van der Waals surface area (Å²) >= 11 is 0. The fourth-order valence-electron chi connectivity index (χ4n) is 2.06. The second-order valence-electron chi connectivity index (χ2n) is 3.69. The van der Waals surface area contributed by atoms with Crippen LogP contribution in [0.25, 0.3) is 0 Å². The number of esters is 1. The van der Waals surface area contributed by atoms with Crippen molar-refractivity contribution in [3.8, 4) is 0 Å². The van der Waals surface area contributed by atoms with E-state index < -0.39 is 0 Å². The first-order valence-electron chi connectivity index (χ1n) is 4.76. The minimum atomic E-state index is -0.347. The molecule has 1 aromatic rings. The first-order chi connectivity index (χ1) is 7.13. The monoisotopic (exact) mass is 209 g/mol. The predicted octanol–water partition coefficient (Wildman–Crippen LogP) is 1.49. The van der Waals surface area contributed by atoms with E-state index in [-0.39, 0.29) is 23.7 Å². The summed E-state index contributed by atoms with van der Waals surface area (Å²) in [6.45, 7) is 0. The van der Waals surface area contributed by atoms with Gasteiger partial charge < -0.3 is 10.5 Å². The first-order valence-corrected chi connectivity index (χ1v) is 4.76. The Morgan fingerprint density at radius 3 is 2.93 bits per heavy atom. The number of nitrogens with two attached hydrogens (primary N) is 1. The van der Waals surface area contributed by atoms with Gasteiger partial charge >= 0.3 is 5.97 Å². The Balaban J connectivity index is 2.42. The number of halogens is 1. The molecule has 0 heterocycles. The largest absolute Gasteiger partial charge is 0.469 e. The molecule has 0 saturated heterocycles. The van der Waals surface area contributed by atoms with Gasteiger partial charge in [-0.1, -0.05) is 6.07 Å². The van der Waals surface area contributed by atoms with Gasteiger partial charge in [0.1, 0.15) is 5.82 Å². The van der Waals surface area contributed by atoms with Crippen LogP contribution in [0.5, 0.6) is 0 Å². The van der Waals surface area contributed by atoms with Crippen LogP contribution in [-0.2, 0) is 9.53 Å². The van der Waals surface area contributed by atoms with Gasteiger partial charge in [0, 0.05) is 6.04 Å². The van der Waals surface area contributed by atoms with Gasteiger partial charge in [-0.05, 0) is 29.7 Å². The molecule has 0 amide bonds. The second-order valence-corrected chi connectivity index (χ2v) is 3.69. The first kappa shape index (κ1) is 10.1. The van der Waals surface area contributed by atoms with Gasteiger partial charge in [0.2, 0.25) is 0 Å². The van der Waals surface area contributed by atoms with Gasteiger partial charge in [0.25, 0.3) is 0 Å². The number of rotatable bonds is 1. The molecule has 15 heavy (non-hydrogen) atoms. The third-order valence-corrected chi connectivity index (χ3v) is 2.80. The zero-order valence-electron chi connectivity index (χ0n) is 8.37. The molecule has 80 valence electrons. The predicted molar refractivity (Wildman–Crippen MR) is 52.7 cm³/mol. The molecule has 1 aliphatic carbocycles. The summed E-state index contributed by atoms with van der Waals surface area (Å²) in [7, 11) is 1.34. The van der Waals surface area contributed by atoms with E-state index in [4.69, 9.17) is 5.73 Å². The quantitative estimate of drug-likeness (QED) is 0.713. The summed E-state index contributed by atoms with van der Waals surface area (Å²) in [4.78, 5) is 11.4. The minimum Gasteiger partial charge on any atom is -0.469 e. The van der Waals surface area contributed by atoms with E-state index >= 15 is 0 Å². The van der Waals surface area contributed by atoms with Crippen molar-refractivity contribution in [2.75, 3.05) is 7.11 Å². The fourth-order valence-corrected chi connectivity index (χ4v) is 2.06. The number of fused-ring (bicyclic) bond motifs is 1. The van der Waals surface area contributed by atoms with Crippen LogP contribution < -0.4 is 5.73 Å². The van der Waals surface area contributed by atoms with Crippen molar-refractivity contribution in [1.29, 1.82) is 0 Å². The van der Waals surface area contributed by atoms with Crippen molar-refractivity contribution in [2.45, 2.75) is 18.4 Å². The average Bonchev–Trinajstić information content (AvgIpc) is 2.55. The molecule has 0 aliphatic heterocycles. The van der Waals surface area contributed by atoms with E-state index in [1.54, 1.807) is 6.07 Å². The standard InChI is InChI=1S/C11H12FNO2/c1-15-11(14)9-5-10(13)8-4-6(12)2-3-7(8)9/h2-4,9-10H,5,13H2,1H3. The van der Waals surface area contributed by atoms with Crippen molar-refractivity contribution in [3.05, 3.63) is 35.1 Å². The Kier molecular flexibility index (Phi) is 2.44. The minimum absolute atomic E-state index is 0.278. The van der Waals surface area contributed by atoms with Crippen LogP contribution in [0.4, 0.5) is 4.39 Å². The van der Waals surface area contributed by atoms with Crippen molar-refractivity contribution >= 4 is 5.97 Å². The van der Waals surface area contributed by atoms with E-state index in [0.717, 1.165) is 5.56 Å². The van der Waals surface area contributed by atoms with Crippen LogP contribution >= 0.6 is 0 Å². The highest BCUT2D eigenvalue weighted by Gasteiger charge is 2.34. The van der Waals surface area contributed by atoms with Crippen LogP contribution in [-0.4, -0.2) is 13.1 Å². The molecule has 3 nitrogen and oxygen atoms in total. The second kappa shape index (κ2) is 3.62. The molecule has 4 heteroatoms. The zero-order chi connectivity index (χ0) is 11.0. The van der Waals surface area contributed by atoms with Crippen molar-refractivity contribution in [3.63, 3.8) is 0 Å². The highest BCUT2D eigenvalue weighted by molar-refractivity contribution is 5.80. The lowest BCUT2D eigenvalue weighted by Crippen LogP contribution is -2.12. The third-order valence-electron chi connectivity index (χ3n) is 2.80. The molecule has 2 rings (SSSR count). The van der Waals surface area contributed by atoms with E-state index in [1.165, 1.54) is 19.2 Å². The highest BCUT2D eigenvalue weighted by atomic mass is 19.1. The normalized spacial score (nSPS) is 23.7. The van der Waals surface area contributed by atoms with Crippen LogP contribution in [0.3, 0.4) is 0 Å². The van der Waals surface area contributed by atoms with E-state index in [1.807, 2.05) is 0 Å². The SMILES string of the molecule is COC(=O)C1CC(N)c2cc(F)ccc21. The topological polar surface area (TPSA) is 52.3 Å². The summed E-state index contributed by atoms with van der Waals surface area (Å²) in [6.07, 6.45) is 0.492. The van der Waals surface area contributed by atoms with Crippen LogP contribution in [0.15, 0.2) is 18.2 Å². The summed E-state index contributed by atoms with van der Waals surface area (Å²) in [5.41, 5.74) is 7.32. The van der Waals surface area contributed by atoms with Gasteiger partial charge in [-0.15, -0.1) is 0 Å². The molecule has 0 aromatic heterocycles. The van der Waals surface area contributed by atoms with Crippen LogP contribution in [0, 0.1) is 5.82 Å². The van der Waals surface area contributed by atoms with Crippen molar-refractivity contribution < 1.29 is 13.9 Å². The lowest BCUT2D eigenvalue weighted by atomic mass is 10.0. The molecule has 2 atom stereocenters. The summed E-state index contributed by atoms with van der Waals surface area (Å²) in [5, 5.41) is 0. The Labute approximate surface area is 87.0 Å². The Bertz CT molecular complexity index is 406. The summed E-state index contributed by atoms with van der Waals surface area (Å²) < 4.78 is 17.7. The van der Waals surface area contributed by atoms with E-state index in [2.05, 4.69) is 4.74 Å². The van der Waals surface area contributed by atoms with Crippen molar-refractivity contribution in [2.24, 2.45) is 5.73 Å². The summed E-state index contributed by atoms with van der Waals surface area (Å²) in [6, 6.07) is 4.06. The fraction of sp³-hybridized carbons (Fsp3) is 0.364. The van der Waals surface area contributed by atoms with Crippen molar-refractivity contribution in [1.82, 2.24) is 0 Å². The number of ether oxygens (including phenoxy) is 1. The number of carbonyl (C=O) groups is 1. The maximum absolute atomic E-state index is 13.0. The zero-order valence-corrected chi connectivity index (χ0v) is 8.37. The molecule has 2 unspecified atom stereocenters. The Morgan fingerprint density at radius 1 is 1.53 bits per heavy atom. The number of benzene rings is 1. The van der Waals surface area contributed by atoms with Gasteiger partial charge in [-0.3, -0.25) is 4.79 Å². The van der Waals surface area contributed by atoms with E-state index in [0.29, 0.717) is 12.0 Å². The molecular weight excluding hydrogens is 197 g/mol. The van der Waals surface area contributed by atoms with E-state index in [9.17, 15) is 9.18 Å². The lowest BCUT2D eigenvalue weighted by molar-refractivity contribution is -0.142. The molecule has 0 radical (unpaired) electrons. The number of hydrogen-bond acceptors (Lipinski definition) is 3. The molecule has 0 saturated carbocycles. The number of methoxy groups -OCH3 is 1. The molecule has 0 bridgehead atoms. The lowest BCUT2D eigenvalue weighted by Gasteiger charge is -2.07. The molecule has 2 N–H and O–H groups in total. The molecule has 1 aromatic carbocycles. The van der Waals surface area contributed by atoms with Gasteiger partial charge in [-0.2, -0.15) is 0 Å². The summed E-state index contributed by atoms with van der Waals surface area (Å²) in [5.74, 6) is -0.980. The smallest absolute Gasteiger partial charge is 0.313 e. The molecule has 0 spiro atoms. The highest BCUT2D eigenvalue weighted by Crippen LogP contribution is 2.39. The van der Waals surface area contributed by atoms with Gasteiger partial charge in [0.05, 0.1) is 13.0 Å². The molecule has 0 fully saturated rings. The van der Waals surface area contributed by atoms with Gasteiger partial charge in [0.15, 0.2) is 0 Å². The third kappa shape index (κ3) is 1.61. The maximum Gasteiger partial charge on any atom is 0.313 e. The average molecular weight is 209 g/mol. The van der Waals surface area contributed by atoms with Gasteiger partial charge in [-0.25, -0.2) is 4.39 Å². The van der Waals surface area contributed by atoms with Crippen LogP contribution in [0.2, 0.25) is 0 Å². The Hall–Kier alpha value is -1.42. The molecular formula is C11H12FNO2. The van der Waals surface area contributed by atoms with Crippen LogP contribution in [0.1, 0.15) is 29.5 Å². The molecule has 1 aliphatic rings.